The molecule has 1 aliphatic heterocycles. The number of carbonyl (C=O) groups is 1. The van der Waals surface area contributed by atoms with E-state index in [1.54, 1.807) is 19.2 Å². The van der Waals surface area contributed by atoms with E-state index in [0.29, 0.717) is 23.6 Å². The number of rotatable bonds is 3. The molecule has 1 aliphatic rings. The Hall–Kier alpha value is -2.89. The number of hydrogen-bond donors (Lipinski definition) is 0. The summed E-state index contributed by atoms with van der Waals surface area (Å²) in [5.74, 6) is 0.242. The smallest absolute Gasteiger partial charge is 0.365 e. The molecule has 0 bridgehead atoms. The average molecular weight is 329 g/mol. The van der Waals surface area contributed by atoms with Gasteiger partial charge in [-0.1, -0.05) is 5.16 Å². The van der Waals surface area contributed by atoms with E-state index in [4.69, 9.17) is 14.3 Å². The third-order valence-electron chi connectivity index (χ3n) is 3.63. The van der Waals surface area contributed by atoms with Gasteiger partial charge < -0.3 is 14.3 Å². The quantitative estimate of drug-likeness (QED) is 0.638. The van der Waals surface area contributed by atoms with Crippen LogP contribution < -0.4 is 9.47 Å². The van der Waals surface area contributed by atoms with Gasteiger partial charge in [-0.15, -0.1) is 0 Å². The van der Waals surface area contributed by atoms with Crippen LogP contribution in [0.15, 0.2) is 47.6 Å². The fourth-order valence-corrected chi connectivity index (χ4v) is 2.43. The second-order valence-electron chi connectivity index (χ2n) is 5.42. The summed E-state index contributed by atoms with van der Waals surface area (Å²) in [7, 11) is 1.58. The SMILES string of the molecule is COc1ccc2c(c1)OC(C)C/C2=N/OC(=O)c1ccc(F)cc1. The highest BCUT2D eigenvalue weighted by molar-refractivity contribution is 6.04. The molecule has 0 saturated carbocycles. The Labute approximate surface area is 138 Å². The van der Waals surface area contributed by atoms with Crippen LogP contribution in [0.25, 0.3) is 0 Å². The fraction of sp³-hybridized carbons (Fsp3) is 0.222. The van der Waals surface area contributed by atoms with Crippen molar-refractivity contribution in [1.29, 1.82) is 0 Å². The first-order valence-corrected chi connectivity index (χ1v) is 7.45. The van der Waals surface area contributed by atoms with Gasteiger partial charge in [-0.05, 0) is 43.3 Å². The zero-order valence-corrected chi connectivity index (χ0v) is 13.3. The predicted molar refractivity (Wildman–Crippen MR) is 86.1 cm³/mol. The maximum Gasteiger partial charge on any atom is 0.365 e. The zero-order chi connectivity index (χ0) is 17.1. The molecule has 0 fully saturated rings. The van der Waals surface area contributed by atoms with Crippen LogP contribution in [0.4, 0.5) is 4.39 Å². The number of carbonyl (C=O) groups excluding carboxylic acids is 1. The van der Waals surface area contributed by atoms with E-state index in [-0.39, 0.29) is 11.7 Å². The van der Waals surface area contributed by atoms with Gasteiger partial charge in [-0.3, -0.25) is 0 Å². The molecular formula is C18H16FNO4. The standard InChI is InChI=1S/C18H16FNO4/c1-11-9-16(15-8-7-14(22-2)10-17(15)23-11)20-24-18(21)12-3-5-13(19)6-4-12/h3-8,10-11H,9H2,1-2H3/b20-16-. The fourth-order valence-electron chi connectivity index (χ4n) is 2.43. The Morgan fingerprint density at radius 2 is 2.00 bits per heavy atom. The number of benzene rings is 2. The number of nitrogens with zero attached hydrogens (tertiary/aromatic N) is 1. The van der Waals surface area contributed by atoms with Gasteiger partial charge in [0.1, 0.15) is 23.4 Å². The van der Waals surface area contributed by atoms with Crippen molar-refractivity contribution in [3.8, 4) is 11.5 Å². The van der Waals surface area contributed by atoms with E-state index in [9.17, 15) is 9.18 Å². The van der Waals surface area contributed by atoms with Crippen LogP contribution >= 0.6 is 0 Å². The van der Waals surface area contributed by atoms with Crippen molar-refractivity contribution in [2.75, 3.05) is 7.11 Å². The predicted octanol–water partition coefficient (Wildman–Crippen LogP) is 3.57. The van der Waals surface area contributed by atoms with Gasteiger partial charge in [0.25, 0.3) is 0 Å². The molecule has 24 heavy (non-hydrogen) atoms. The number of methoxy groups -OCH3 is 1. The summed E-state index contributed by atoms with van der Waals surface area (Å²) in [5.41, 5.74) is 1.60. The summed E-state index contributed by atoms with van der Waals surface area (Å²) in [6.07, 6.45) is 0.406. The molecular weight excluding hydrogens is 313 g/mol. The minimum Gasteiger partial charge on any atom is -0.497 e. The number of ether oxygens (including phenoxy) is 2. The number of hydrogen-bond acceptors (Lipinski definition) is 5. The van der Waals surface area contributed by atoms with Gasteiger partial charge in [0, 0.05) is 18.1 Å². The van der Waals surface area contributed by atoms with E-state index in [0.717, 1.165) is 5.56 Å². The highest BCUT2D eigenvalue weighted by Gasteiger charge is 2.23. The number of fused-ring (bicyclic) bond motifs is 1. The molecule has 0 N–H and O–H groups in total. The summed E-state index contributed by atoms with van der Waals surface area (Å²) >= 11 is 0. The third kappa shape index (κ3) is 3.37. The normalized spacial score (nSPS) is 17.8. The summed E-state index contributed by atoms with van der Waals surface area (Å²) < 4.78 is 23.8. The molecule has 124 valence electrons. The number of halogens is 1. The van der Waals surface area contributed by atoms with E-state index >= 15 is 0 Å². The molecule has 6 heteroatoms. The highest BCUT2D eigenvalue weighted by Crippen LogP contribution is 2.31. The van der Waals surface area contributed by atoms with Crippen LogP contribution in [0.2, 0.25) is 0 Å². The molecule has 3 rings (SSSR count). The van der Waals surface area contributed by atoms with Gasteiger partial charge in [-0.25, -0.2) is 9.18 Å². The Kier molecular flexibility index (Phi) is 4.46. The minimum atomic E-state index is -0.642. The van der Waals surface area contributed by atoms with E-state index < -0.39 is 11.8 Å². The van der Waals surface area contributed by atoms with Gasteiger partial charge in [0.15, 0.2) is 0 Å². The molecule has 0 saturated heterocycles. The largest absolute Gasteiger partial charge is 0.497 e. The summed E-state index contributed by atoms with van der Waals surface area (Å²) in [4.78, 5) is 17.0. The Bertz CT molecular complexity index is 786. The van der Waals surface area contributed by atoms with Crippen LogP contribution in [0, 0.1) is 5.82 Å². The maximum atomic E-state index is 12.9. The van der Waals surface area contributed by atoms with Crippen molar-refractivity contribution in [1.82, 2.24) is 0 Å². The second kappa shape index (κ2) is 6.70. The molecule has 5 nitrogen and oxygen atoms in total. The lowest BCUT2D eigenvalue weighted by molar-refractivity contribution is 0.0513. The van der Waals surface area contributed by atoms with Crippen molar-refractivity contribution >= 4 is 11.7 Å². The van der Waals surface area contributed by atoms with Crippen LogP contribution in [-0.4, -0.2) is 24.9 Å². The molecule has 0 radical (unpaired) electrons. The summed E-state index contributed by atoms with van der Waals surface area (Å²) in [6.45, 7) is 1.90. The highest BCUT2D eigenvalue weighted by atomic mass is 19.1. The Balaban J connectivity index is 1.83. The first-order chi connectivity index (χ1) is 11.6. The van der Waals surface area contributed by atoms with Gasteiger partial charge in [0.05, 0.1) is 18.4 Å². The average Bonchev–Trinajstić information content (AvgIpc) is 2.59. The number of oxime groups is 1. The monoisotopic (exact) mass is 329 g/mol. The molecule has 0 aromatic heterocycles. The lowest BCUT2D eigenvalue weighted by atomic mass is 10.0. The van der Waals surface area contributed by atoms with E-state index in [1.807, 2.05) is 13.0 Å². The molecule has 2 aromatic rings. The molecule has 1 heterocycles. The lowest BCUT2D eigenvalue weighted by Crippen LogP contribution is -2.25. The van der Waals surface area contributed by atoms with E-state index in [1.165, 1.54) is 24.3 Å². The summed E-state index contributed by atoms with van der Waals surface area (Å²) in [5, 5.41) is 3.98. The van der Waals surface area contributed by atoms with Crippen LogP contribution in [-0.2, 0) is 4.84 Å². The van der Waals surface area contributed by atoms with Crippen molar-refractivity contribution in [3.63, 3.8) is 0 Å². The van der Waals surface area contributed by atoms with Gasteiger partial charge in [0.2, 0.25) is 0 Å². The second-order valence-corrected chi connectivity index (χ2v) is 5.42. The van der Waals surface area contributed by atoms with Gasteiger partial charge in [-0.2, -0.15) is 0 Å². The molecule has 2 aromatic carbocycles. The molecule has 0 aliphatic carbocycles. The third-order valence-corrected chi connectivity index (χ3v) is 3.63. The Morgan fingerprint density at radius 3 is 2.71 bits per heavy atom. The van der Waals surface area contributed by atoms with Crippen LogP contribution in [0.5, 0.6) is 11.5 Å². The topological polar surface area (TPSA) is 57.1 Å². The molecule has 0 amide bonds. The molecule has 1 unspecified atom stereocenters. The van der Waals surface area contributed by atoms with Crippen molar-refractivity contribution in [2.24, 2.45) is 5.16 Å². The summed E-state index contributed by atoms with van der Waals surface area (Å²) in [6, 6.07) is 10.5. The van der Waals surface area contributed by atoms with Crippen LogP contribution in [0.3, 0.4) is 0 Å². The van der Waals surface area contributed by atoms with Crippen LogP contribution in [0.1, 0.15) is 29.3 Å². The molecule has 1 atom stereocenters. The van der Waals surface area contributed by atoms with Crippen molar-refractivity contribution in [3.05, 3.63) is 59.4 Å². The van der Waals surface area contributed by atoms with E-state index in [2.05, 4.69) is 5.16 Å². The molecule has 0 spiro atoms. The first-order valence-electron chi connectivity index (χ1n) is 7.45. The first kappa shape index (κ1) is 16.0. The zero-order valence-electron chi connectivity index (χ0n) is 13.3. The Morgan fingerprint density at radius 1 is 1.25 bits per heavy atom. The minimum absolute atomic E-state index is 0.104. The van der Waals surface area contributed by atoms with Crippen molar-refractivity contribution < 1.29 is 23.5 Å². The van der Waals surface area contributed by atoms with Gasteiger partial charge >= 0.3 is 5.97 Å². The lowest BCUT2D eigenvalue weighted by Gasteiger charge is -2.24. The van der Waals surface area contributed by atoms with Crippen molar-refractivity contribution in [2.45, 2.75) is 19.4 Å². The maximum absolute atomic E-state index is 12.9.